The zero-order chi connectivity index (χ0) is 19.9. The van der Waals surface area contributed by atoms with Crippen LogP contribution < -0.4 is 10.2 Å². The molecule has 7 nitrogen and oxygen atoms in total. The van der Waals surface area contributed by atoms with Gasteiger partial charge in [-0.15, -0.1) is 0 Å². The van der Waals surface area contributed by atoms with Crippen LogP contribution in [0.25, 0.3) is 0 Å². The topological polar surface area (TPSA) is 86.8 Å². The van der Waals surface area contributed by atoms with Crippen molar-refractivity contribution in [3.05, 3.63) is 29.8 Å². The number of rotatable bonds is 4. The molecule has 3 fully saturated rings. The van der Waals surface area contributed by atoms with Crippen LogP contribution in [-0.2, 0) is 9.59 Å². The molecule has 2 aliphatic heterocycles. The van der Waals surface area contributed by atoms with Crippen molar-refractivity contribution in [1.82, 2.24) is 10.2 Å². The SMILES string of the molecule is C[C@@H]1CCCC[C@]12NC(=O)N(CC(=O)c1cccc(N3CCCC3=O)c1)C2=O. The van der Waals surface area contributed by atoms with E-state index in [0.29, 0.717) is 30.6 Å². The van der Waals surface area contributed by atoms with E-state index in [1.807, 2.05) is 6.92 Å². The standard InChI is InChI=1S/C21H25N3O4/c1-14-6-2-3-10-21(14)19(27)24(20(28)22-21)13-17(25)15-7-4-8-16(12-15)23-11-5-9-18(23)26/h4,7-8,12,14H,2-3,5-6,9-11,13H2,1H3,(H,22,28)/t14-,21+/m1/s1. The summed E-state index contributed by atoms with van der Waals surface area (Å²) in [5.74, 6) is -0.490. The lowest BCUT2D eigenvalue weighted by molar-refractivity contribution is -0.133. The molecule has 7 heteroatoms. The van der Waals surface area contributed by atoms with Crippen molar-refractivity contribution in [2.75, 3.05) is 18.0 Å². The Labute approximate surface area is 164 Å². The molecule has 2 heterocycles. The van der Waals surface area contributed by atoms with Gasteiger partial charge in [-0.2, -0.15) is 0 Å². The van der Waals surface area contributed by atoms with Crippen LogP contribution in [0.15, 0.2) is 24.3 Å². The molecule has 0 radical (unpaired) electrons. The van der Waals surface area contributed by atoms with E-state index >= 15 is 0 Å². The molecule has 1 aliphatic carbocycles. The number of hydrogen-bond acceptors (Lipinski definition) is 4. The molecule has 1 aromatic rings. The van der Waals surface area contributed by atoms with Crippen molar-refractivity contribution in [3.8, 4) is 0 Å². The van der Waals surface area contributed by atoms with E-state index in [4.69, 9.17) is 0 Å². The largest absolute Gasteiger partial charge is 0.325 e. The van der Waals surface area contributed by atoms with Crippen LogP contribution in [-0.4, -0.2) is 47.2 Å². The van der Waals surface area contributed by atoms with E-state index in [9.17, 15) is 19.2 Å². The summed E-state index contributed by atoms with van der Waals surface area (Å²) in [7, 11) is 0. The summed E-state index contributed by atoms with van der Waals surface area (Å²) in [5.41, 5.74) is 0.220. The van der Waals surface area contributed by atoms with Crippen LogP contribution >= 0.6 is 0 Å². The summed E-state index contributed by atoms with van der Waals surface area (Å²) in [6, 6.07) is 6.36. The van der Waals surface area contributed by atoms with Gasteiger partial charge in [0.25, 0.3) is 5.91 Å². The number of imide groups is 1. The molecule has 1 N–H and O–H groups in total. The average Bonchev–Trinajstić information content (AvgIpc) is 3.21. The highest BCUT2D eigenvalue weighted by Crippen LogP contribution is 2.38. The molecule has 4 rings (SSSR count). The van der Waals surface area contributed by atoms with Crippen LogP contribution in [0.4, 0.5) is 10.5 Å². The highest BCUT2D eigenvalue weighted by molar-refractivity contribution is 6.11. The Kier molecular flexibility index (Phi) is 4.69. The number of benzene rings is 1. The fourth-order valence-electron chi connectivity index (χ4n) is 4.64. The molecule has 4 amide bonds. The van der Waals surface area contributed by atoms with E-state index in [2.05, 4.69) is 5.32 Å². The van der Waals surface area contributed by atoms with Gasteiger partial charge >= 0.3 is 6.03 Å². The number of nitrogens with one attached hydrogen (secondary N) is 1. The second kappa shape index (κ2) is 7.04. The summed E-state index contributed by atoms with van der Waals surface area (Å²) in [6.07, 6.45) is 4.77. The smallest absolute Gasteiger partial charge is 0.323 e. The monoisotopic (exact) mass is 383 g/mol. The number of hydrogen-bond donors (Lipinski definition) is 1. The zero-order valence-corrected chi connectivity index (χ0v) is 16.1. The zero-order valence-electron chi connectivity index (χ0n) is 16.1. The highest BCUT2D eigenvalue weighted by Gasteiger charge is 2.55. The Bertz CT molecular complexity index is 852. The first-order chi connectivity index (χ1) is 13.4. The van der Waals surface area contributed by atoms with Crippen LogP contribution in [0.1, 0.15) is 55.8 Å². The van der Waals surface area contributed by atoms with Crippen LogP contribution in [0.2, 0.25) is 0 Å². The highest BCUT2D eigenvalue weighted by atomic mass is 16.2. The summed E-state index contributed by atoms with van der Waals surface area (Å²) in [5, 5.41) is 2.87. The Balaban J connectivity index is 1.52. The summed E-state index contributed by atoms with van der Waals surface area (Å²) < 4.78 is 0. The number of urea groups is 1. The maximum absolute atomic E-state index is 13.0. The molecule has 3 aliphatic rings. The van der Waals surface area contributed by atoms with Gasteiger partial charge < -0.3 is 10.2 Å². The molecule has 28 heavy (non-hydrogen) atoms. The van der Waals surface area contributed by atoms with Gasteiger partial charge in [0, 0.05) is 24.2 Å². The first-order valence-electron chi connectivity index (χ1n) is 10.00. The van der Waals surface area contributed by atoms with Gasteiger partial charge in [0.1, 0.15) is 5.54 Å². The maximum Gasteiger partial charge on any atom is 0.325 e. The Morgan fingerprint density at radius 1 is 1.21 bits per heavy atom. The summed E-state index contributed by atoms with van der Waals surface area (Å²) in [6.45, 7) is 2.35. The summed E-state index contributed by atoms with van der Waals surface area (Å²) >= 11 is 0. The number of ketones is 1. The van der Waals surface area contributed by atoms with Crippen molar-refractivity contribution in [1.29, 1.82) is 0 Å². The number of nitrogens with zero attached hydrogens (tertiary/aromatic N) is 2. The summed E-state index contributed by atoms with van der Waals surface area (Å²) in [4.78, 5) is 53.0. The second-order valence-corrected chi connectivity index (χ2v) is 8.06. The molecular formula is C21H25N3O4. The van der Waals surface area contributed by atoms with E-state index < -0.39 is 11.6 Å². The van der Waals surface area contributed by atoms with Gasteiger partial charge in [0.05, 0.1) is 6.54 Å². The molecule has 2 saturated heterocycles. The first-order valence-corrected chi connectivity index (χ1v) is 10.00. The Morgan fingerprint density at radius 3 is 2.75 bits per heavy atom. The van der Waals surface area contributed by atoms with Crippen LogP contribution in [0.3, 0.4) is 0 Å². The molecule has 2 atom stereocenters. The fourth-order valence-corrected chi connectivity index (χ4v) is 4.64. The predicted molar refractivity (Wildman–Crippen MR) is 103 cm³/mol. The molecule has 1 spiro atoms. The van der Waals surface area contributed by atoms with Gasteiger partial charge in [-0.25, -0.2) is 4.79 Å². The fraction of sp³-hybridized carbons (Fsp3) is 0.524. The minimum Gasteiger partial charge on any atom is -0.323 e. The van der Waals surface area contributed by atoms with Crippen LogP contribution in [0, 0.1) is 5.92 Å². The van der Waals surface area contributed by atoms with Crippen molar-refractivity contribution in [3.63, 3.8) is 0 Å². The number of carbonyl (C=O) groups is 4. The third-order valence-electron chi connectivity index (χ3n) is 6.36. The molecule has 148 valence electrons. The predicted octanol–water partition coefficient (Wildman–Crippen LogP) is 2.50. The van der Waals surface area contributed by atoms with Crippen molar-refractivity contribution in [2.45, 2.75) is 51.0 Å². The second-order valence-electron chi connectivity index (χ2n) is 8.06. The lowest BCUT2D eigenvalue weighted by Gasteiger charge is -2.36. The van der Waals surface area contributed by atoms with Gasteiger partial charge in [-0.3, -0.25) is 19.3 Å². The Hall–Kier alpha value is -2.70. The normalized spacial score (nSPS) is 27.6. The van der Waals surface area contributed by atoms with Crippen molar-refractivity contribution < 1.29 is 19.2 Å². The lowest BCUT2D eigenvalue weighted by Crippen LogP contribution is -2.54. The van der Waals surface area contributed by atoms with Gasteiger partial charge in [-0.1, -0.05) is 31.9 Å². The Morgan fingerprint density at radius 2 is 2.04 bits per heavy atom. The number of carbonyl (C=O) groups excluding carboxylic acids is 4. The molecule has 0 aromatic heterocycles. The van der Waals surface area contributed by atoms with E-state index in [0.717, 1.165) is 30.6 Å². The van der Waals surface area contributed by atoms with Gasteiger partial charge in [-0.05, 0) is 37.3 Å². The van der Waals surface area contributed by atoms with Gasteiger partial charge in [0.15, 0.2) is 5.78 Å². The molecule has 0 unspecified atom stereocenters. The number of Topliss-reactive ketones (excluding diaryl/α,β-unsaturated/α-hetero) is 1. The number of anilines is 1. The van der Waals surface area contributed by atoms with Crippen molar-refractivity contribution in [2.24, 2.45) is 5.92 Å². The molecule has 0 bridgehead atoms. The minimum atomic E-state index is -0.862. The van der Waals surface area contributed by atoms with Crippen LogP contribution in [0.5, 0.6) is 0 Å². The van der Waals surface area contributed by atoms with Crippen molar-refractivity contribution >= 4 is 29.3 Å². The number of amides is 4. The third-order valence-corrected chi connectivity index (χ3v) is 6.36. The average molecular weight is 383 g/mol. The third kappa shape index (κ3) is 2.99. The quantitative estimate of drug-likeness (QED) is 0.639. The van der Waals surface area contributed by atoms with E-state index in [1.165, 1.54) is 0 Å². The molecule has 1 aromatic carbocycles. The van der Waals surface area contributed by atoms with E-state index in [-0.39, 0.29) is 30.1 Å². The molecular weight excluding hydrogens is 358 g/mol. The first kappa shape index (κ1) is 18.7. The lowest BCUT2D eigenvalue weighted by atomic mass is 9.73. The maximum atomic E-state index is 13.0. The van der Waals surface area contributed by atoms with Gasteiger partial charge in [0.2, 0.25) is 5.91 Å². The molecule has 1 saturated carbocycles. The minimum absolute atomic E-state index is 0.0481. The van der Waals surface area contributed by atoms with E-state index in [1.54, 1.807) is 29.2 Å².